The molecule has 1 aliphatic heterocycles. The second-order valence-electron chi connectivity index (χ2n) is 5.94. The van der Waals surface area contributed by atoms with Crippen LogP contribution in [-0.4, -0.2) is 42.1 Å². The van der Waals surface area contributed by atoms with E-state index in [4.69, 9.17) is 14.2 Å². The van der Waals surface area contributed by atoms with Crippen molar-refractivity contribution in [3.63, 3.8) is 0 Å². The van der Waals surface area contributed by atoms with Crippen molar-refractivity contribution in [2.24, 2.45) is 13.0 Å². The number of pyridine rings is 1. The summed E-state index contributed by atoms with van der Waals surface area (Å²) in [5.41, 5.74) is 2.15. The maximum atomic E-state index is 5.90. The van der Waals surface area contributed by atoms with E-state index in [9.17, 15) is 0 Å². The maximum absolute atomic E-state index is 5.90. The zero-order valence-electron chi connectivity index (χ0n) is 14.4. The largest absolute Gasteiger partial charge is 0.481 e. The van der Waals surface area contributed by atoms with E-state index in [1.807, 2.05) is 36.3 Å². The maximum Gasteiger partial charge on any atom is 0.220 e. The van der Waals surface area contributed by atoms with Crippen LogP contribution in [-0.2, 0) is 18.3 Å². The van der Waals surface area contributed by atoms with Gasteiger partial charge >= 0.3 is 0 Å². The van der Waals surface area contributed by atoms with Gasteiger partial charge in [-0.3, -0.25) is 4.68 Å². The van der Waals surface area contributed by atoms with Crippen LogP contribution in [0.15, 0.2) is 24.5 Å². The fraction of sp³-hybridized carbons (Fsp3) is 0.529. The fourth-order valence-corrected chi connectivity index (χ4v) is 3.07. The number of ether oxygens (including phenoxy) is 3. The van der Waals surface area contributed by atoms with Gasteiger partial charge in [-0.15, -0.1) is 0 Å². The first-order valence-corrected chi connectivity index (χ1v) is 8.10. The number of nitrogens with zero attached hydrogens (tertiary/aromatic N) is 3. The molecule has 7 nitrogen and oxygen atoms in total. The number of nitrogens with one attached hydrogen (secondary N) is 1. The van der Waals surface area contributed by atoms with E-state index < -0.39 is 0 Å². The molecule has 0 bridgehead atoms. The van der Waals surface area contributed by atoms with Crippen molar-refractivity contribution < 1.29 is 14.2 Å². The van der Waals surface area contributed by atoms with E-state index in [0.29, 0.717) is 24.2 Å². The van der Waals surface area contributed by atoms with Crippen molar-refractivity contribution in [1.29, 1.82) is 0 Å². The molecular weight excluding hydrogens is 308 g/mol. The van der Waals surface area contributed by atoms with E-state index in [1.54, 1.807) is 14.2 Å². The van der Waals surface area contributed by atoms with E-state index in [2.05, 4.69) is 15.4 Å². The van der Waals surface area contributed by atoms with Crippen LogP contribution in [0.5, 0.6) is 11.8 Å². The molecule has 24 heavy (non-hydrogen) atoms. The number of hydrogen-bond acceptors (Lipinski definition) is 6. The molecule has 0 amide bonds. The Labute approximate surface area is 141 Å². The first kappa shape index (κ1) is 16.7. The molecule has 1 fully saturated rings. The summed E-state index contributed by atoms with van der Waals surface area (Å²) in [6, 6.07) is 3.82. The van der Waals surface area contributed by atoms with Crippen molar-refractivity contribution in [3.05, 3.63) is 35.7 Å². The van der Waals surface area contributed by atoms with Crippen molar-refractivity contribution >= 4 is 0 Å². The summed E-state index contributed by atoms with van der Waals surface area (Å²) >= 11 is 0. The molecule has 130 valence electrons. The number of methoxy groups -OCH3 is 2. The average Bonchev–Trinajstić information content (AvgIpc) is 3.23. The van der Waals surface area contributed by atoms with Gasteiger partial charge in [0.1, 0.15) is 0 Å². The van der Waals surface area contributed by atoms with Crippen LogP contribution in [0.2, 0.25) is 0 Å². The van der Waals surface area contributed by atoms with Crippen LogP contribution >= 0.6 is 0 Å². The molecule has 0 saturated carbocycles. The molecule has 2 aromatic heterocycles. The molecule has 3 heterocycles. The Morgan fingerprint density at radius 3 is 2.92 bits per heavy atom. The Balaban J connectivity index is 1.58. The van der Waals surface area contributed by atoms with E-state index in [-0.39, 0.29) is 6.10 Å². The predicted molar refractivity (Wildman–Crippen MR) is 89.1 cm³/mol. The first-order chi connectivity index (χ1) is 11.7. The summed E-state index contributed by atoms with van der Waals surface area (Å²) in [6.07, 6.45) is 5.07. The molecule has 0 unspecified atom stereocenters. The number of aryl methyl sites for hydroxylation is 1. The standard InChI is InChI=1S/C17H24N4O3/c1-21-11-14(10-19-21)16-12(6-7-24-16)8-18-9-13-4-5-15(22-2)20-17(13)23-3/h4-5,10-12,16,18H,6-9H2,1-3H3/t12-,16+/m1/s1. The third-order valence-corrected chi connectivity index (χ3v) is 4.31. The molecule has 0 aliphatic carbocycles. The van der Waals surface area contributed by atoms with Gasteiger partial charge in [0.15, 0.2) is 0 Å². The number of aromatic nitrogens is 3. The van der Waals surface area contributed by atoms with Crippen LogP contribution in [0.1, 0.15) is 23.7 Å². The topological polar surface area (TPSA) is 70.4 Å². The molecule has 1 saturated heterocycles. The molecule has 2 atom stereocenters. The second kappa shape index (κ2) is 7.63. The zero-order valence-corrected chi connectivity index (χ0v) is 14.4. The lowest BCUT2D eigenvalue weighted by Crippen LogP contribution is -2.24. The van der Waals surface area contributed by atoms with Crippen molar-refractivity contribution in [2.75, 3.05) is 27.4 Å². The van der Waals surface area contributed by atoms with Gasteiger partial charge in [0.2, 0.25) is 11.8 Å². The Bertz CT molecular complexity index is 674. The monoisotopic (exact) mass is 332 g/mol. The third kappa shape index (κ3) is 3.68. The predicted octanol–water partition coefficient (Wildman–Crippen LogP) is 1.70. The highest BCUT2D eigenvalue weighted by Crippen LogP contribution is 2.33. The minimum absolute atomic E-state index is 0.113. The third-order valence-electron chi connectivity index (χ3n) is 4.31. The highest BCUT2D eigenvalue weighted by Gasteiger charge is 2.30. The van der Waals surface area contributed by atoms with Gasteiger partial charge in [0, 0.05) is 56.1 Å². The van der Waals surface area contributed by atoms with Crippen LogP contribution < -0.4 is 14.8 Å². The van der Waals surface area contributed by atoms with Gasteiger partial charge < -0.3 is 19.5 Å². The van der Waals surface area contributed by atoms with Gasteiger partial charge in [-0.05, 0) is 12.5 Å². The van der Waals surface area contributed by atoms with Gasteiger partial charge in [0.25, 0.3) is 0 Å². The lowest BCUT2D eigenvalue weighted by Gasteiger charge is -2.18. The molecule has 1 aliphatic rings. The molecular formula is C17H24N4O3. The highest BCUT2D eigenvalue weighted by molar-refractivity contribution is 5.30. The Hall–Kier alpha value is -2.12. The van der Waals surface area contributed by atoms with E-state index >= 15 is 0 Å². The summed E-state index contributed by atoms with van der Waals surface area (Å²) in [5.74, 6) is 1.58. The highest BCUT2D eigenvalue weighted by atomic mass is 16.5. The minimum atomic E-state index is 0.113. The SMILES string of the molecule is COc1ccc(CNC[C@H]2CCO[C@@H]2c2cnn(C)c2)c(OC)n1. The molecule has 0 spiro atoms. The van der Waals surface area contributed by atoms with Crippen molar-refractivity contribution in [2.45, 2.75) is 19.1 Å². The van der Waals surface area contributed by atoms with Gasteiger partial charge in [-0.2, -0.15) is 10.1 Å². The Morgan fingerprint density at radius 1 is 1.33 bits per heavy atom. The Kier molecular flexibility index (Phi) is 5.32. The minimum Gasteiger partial charge on any atom is -0.481 e. The average molecular weight is 332 g/mol. The van der Waals surface area contributed by atoms with E-state index in [1.165, 1.54) is 0 Å². The van der Waals surface area contributed by atoms with Crippen LogP contribution in [0.4, 0.5) is 0 Å². The van der Waals surface area contributed by atoms with Crippen molar-refractivity contribution in [1.82, 2.24) is 20.1 Å². The molecule has 2 aromatic rings. The summed E-state index contributed by atoms with van der Waals surface area (Å²) in [7, 11) is 5.14. The first-order valence-electron chi connectivity index (χ1n) is 8.10. The smallest absolute Gasteiger partial charge is 0.220 e. The Morgan fingerprint density at radius 2 is 2.21 bits per heavy atom. The summed E-state index contributed by atoms with van der Waals surface area (Å²) in [4.78, 5) is 4.31. The van der Waals surface area contributed by atoms with Gasteiger partial charge in [-0.25, -0.2) is 0 Å². The lowest BCUT2D eigenvalue weighted by molar-refractivity contribution is 0.0904. The van der Waals surface area contributed by atoms with E-state index in [0.717, 1.165) is 30.7 Å². The summed E-state index contributed by atoms with van der Waals surface area (Å²) < 4.78 is 18.2. The zero-order chi connectivity index (χ0) is 16.9. The van der Waals surface area contributed by atoms with Crippen molar-refractivity contribution in [3.8, 4) is 11.8 Å². The van der Waals surface area contributed by atoms with Crippen LogP contribution in [0, 0.1) is 5.92 Å². The van der Waals surface area contributed by atoms with Gasteiger partial charge in [-0.1, -0.05) is 0 Å². The molecule has 7 heteroatoms. The van der Waals surface area contributed by atoms with Gasteiger partial charge in [0.05, 0.1) is 26.5 Å². The van der Waals surface area contributed by atoms with Crippen LogP contribution in [0.3, 0.4) is 0 Å². The normalized spacial score (nSPS) is 20.3. The quantitative estimate of drug-likeness (QED) is 0.832. The van der Waals surface area contributed by atoms with Crippen LogP contribution in [0.25, 0.3) is 0 Å². The second-order valence-corrected chi connectivity index (χ2v) is 5.94. The lowest BCUT2D eigenvalue weighted by atomic mass is 9.97. The summed E-state index contributed by atoms with van der Waals surface area (Å²) in [5, 5.41) is 7.74. The fourth-order valence-electron chi connectivity index (χ4n) is 3.07. The number of rotatable bonds is 7. The molecule has 1 N–H and O–H groups in total. The molecule has 0 radical (unpaired) electrons. The molecule has 0 aromatic carbocycles. The number of hydrogen-bond donors (Lipinski definition) is 1. The molecule has 3 rings (SSSR count). The summed E-state index contributed by atoms with van der Waals surface area (Å²) in [6.45, 7) is 2.35.